The minimum absolute atomic E-state index is 0.150. The molecule has 2 rings (SSSR count). The topological polar surface area (TPSA) is 73.3 Å². The van der Waals surface area contributed by atoms with E-state index in [1.54, 1.807) is 14.2 Å². The standard InChI is InChI=1S/C18H35N3O4/c1-19-17(21-15-18(22-2)6-12-24-13-7-18)20-8-3-9-25-14-16-4-10-23-11-5-16/h16H,3-15H2,1-2H3,(H2,19,20,21). The molecule has 2 N–H and O–H groups in total. The molecule has 0 spiro atoms. The summed E-state index contributed by atoms with van der Waals surface area (Å²) in [5, 5.41) is 6.72. The van der Waals surface area contributed by atoms with E-state index in [9.17, 15) is 0 Å². The quantitative estimate of drug-likeness (QED) is 0.367. The Hall–Kier alpha value is -0.890. The van der Waals surface area contributed by atoms with E-state index in [0.717, 1.165) is 90.8 Å². The van der Waals surface area contributed by atoms with Crippen LogP contribution >= 0.6 is 0 Å². The highest BCUT2D eigenvalue weighted by molar-refractivity contribution is 5.79. The van der Waals surface area contributed by atoms with E-state index >= 15 is 0 Å². The predicted molar refractivity (Wildman–Crippen MR) is 98.1 cm³/mol. The van der Waals surface area contributed by atoms with Crippen molar-refractivity contribution in [2.45, 2.75) is 37.7 Å². The van der Waals surface area contributed by atoms with E-state index in [0.29, 0.717) is 5.92 Å². The molecule has 0 aliphatic carbocycles. The number of guanidine groups is 1. The van der Waals surface area contributed by atoms with Crippen molar-refractivity contribution in [2.75, 3.05) is 66.9 Å². The fourth-order valence-corrected chi connectivity index (χ4v) is 3.21. The number of rotatable bonds is 9. The van der Waals surface area contributed by atoms with Gasteiger partial charge < -0.3 is 29.6 Å². The minimum atomic E-state index is -0.150. The van der Waals surface area contributed by atoms with Crippen LogP contribution in [0.5, 0.6) is 0 Å². The highest BCUT2D eigenvalue weighted by Gasteiger charge is 2.32. The predicted octanol–water partition coefficient (Wildman–Crippen LogP) is 1.18. The molecule has 0 saturated carbocycles. The largest absolute Gasteiger partial charge is 0.381 e. The van der Waals surface area contributed by atoms with Crippen molar-refractivity contribution in [3.05, 3.63) is 0 Å². The number of methoxy groups -OCH3 is 1. The molecule has 146 valence electrons. The Bertz CT molecular complexity index is 381. The summed E-state index contributed by atoms with van der Waals surface area (Å²) in [6, 6.07) is 0. The van der Waals surface area contributed by atoms with Gasteiger partial charge in [0.2, 0.25) is 0 Å². The van der Waals surface area contributed by atoms with Crippen molar-refractivity contribution >= 4 is 5.96 Å². The maximum absolute atomic E-state index is 5.79. The first kappa shape index (κ1) is 20.4. The number of aliphatic imine (C=N–C) groups is 1. The summed E-state index contributed by atoms with van der Waals surface area (Å²) in [4.78, 5) is 4.28. The monoisotopic (exact) mass is 357 g/mol. The molecule has 0 aromatic heterocycles. The molecule has 7 heteroatoms. The molecule has 2 aliphatic heterocycles. The zero-order valence-corrected chi connectivity index (χ0v) is 15.8. The molecule has 0 radical (unpaired) electrons. The first-order chi connectivity index (χ1) is 12.3. The summed E-state index contributed by atoms with van der Waals surface area (Å²) < 4.78 is 22.3. The lowest BCUT2D eigenvalue weighted by molar-refractivity contribution is -0.0855. The van der Waals surface area contributed by atoms with Gasteiger partial charge in [-0.15, -0.1) is 0 Å². The van der Waals surface area contributed by atoms with E-state index < -0.39 is 0 Å². The van der Waals surface area contributed by atoms with Crippen molar-refractivity contribution in [1.82, 2.24) is 10.6 Å². The van der Waals surface area contributed by atoms with Gasteiger partial charge in [-0.1, -0.05) is 0 Å². The van der Waals surface area contributed by atoms with Crippen molar-refractivity contribution in [2.24, 2.45) is 10.9 Å². The van der Waals surface area contributed by atoms with Gasteiger partial charge >= 0.3 is 0 Å². The third-order valence-electron chi connectivity index (χ3n) is 5.09. The molecular weight excluding hydrogens is 322 g/mol. The number of hydrogen-bond donors (Lipinski definition) is 2. The van der Waals surface area contributed by atoms with Crippen LogP contribution in [0.15, 0.2) is 4.99 Å². The van der Waals surface area contributed by atoms with Crippen LogP contribution in [-0.2, 0) is 18.9 Å². The third kappa shape index (κ3) is 7.48. The van der Waals surface area contributed by atoms with Crippen LogP contribution in [0.4, 0.5) is 0 Å². The molecule has 2 heterocycles. The number of hydrogen-bond acceptors (Lipinski definition) is 5. The highest BCUT2D eigenvalue weighted by atomic mass is 16.5. The first-order valence-corrected chi connectivity index (χ1v) is 9.51. The van der Waals surface area contributed by atoms with Crippen LogP contribution in [-0.4, -0.2) is 78.4 Å². The average Bonchev–Trinajstić information content (AvgIpc) is 2.68. The van der Waals surface area contributed by atoms with Crippen LogP contribution in [0.25, 0.3) is 0 Å². The number of ether oxygens (including phenoxy) is 4. The molecule has 0 amide bonds. The van der Waals surface area contributed by atoms with E-state index in [4.69, 9.17) is 18.9 Å². The molecule has 25 heavy (non-hydrogen) atoms. The number of nitrogens with zero attached hydrogens (tertiary/aromatic N) is 1. The van der Waals surface area contributed by atoms with Crippen LogP contribution in [0.1, 0.15) is 32.1 Å². The lowest BCUT2D eigenvalue weighted by Gasteiger charge is -2.36. The highest BCUT2D eigenvalue weighted by Crippen LogP contribution is 2.23. The summed E-state index contributed by atoms with van der Waals surface area (Å²) in [5.41, 5.74) is -0.150. The van der Waals surface area contributed by atoms with Crippen LogP contribution in [0.3, 0.4) is 0 Å². The van der Waals surface area contributed by atoms with Crippen molar-refractivity contribution in [3.8, 4) is 0 Å². The molecule has 7 nitrogen and oxygen atoms in total. The van der Waals surface area contributed by atoms with Crippen LogP contribution in [0, 0.1) is 5.92 Å². The second-order valence-corrected chi connectivity index (χ2v) is 6.84. The molecule has 2 fully saturated rings. The Labute approximate surface area is 151 Å². The van der Waals surface area contributed by atoms with Crippen LogP contribution in [0.2, 0.25) is 0 Å². The van der Waals surface area contributed by atoms with Crippen molar-refractivity contribution in [1.29, 1.82) is 0 Å². The van der Waals surface area contributed by atoms with Gasteiger partial charge in [0.15, 0.2) is 5.96 Å². The average molecular weight is 357 g/mol. The van der Waals surface area contributed by atoms with E-state index in [1.807, 2.05) is 0 Å². The summed E-state index contributed by atoms with van der Waals surface area (Å²) in [5.74, 6) is 1.48. The molecule has 2 aliphatic rings. The van der Waals surface area contributed by atoms with Crippen molar-refractivity contribution in [3.63, 3.8) is 0 Å². The number of nitrogens with one attached hydrogen (secondary N) is 2. The molecule has 0 unspecified atom stereocenters. The molecule has 0 aromatic rings. The Morgan fingerprint density at radius 3 is 2.52 bits per heavy atom. The van der Waals surface area contributed by atoms with Crippen molar-refractivity contribution < 1.29 is 18.9 Å². The van der Waals surface area contributed by atoms with E-state index in [2.05, 4.69) is 15.6 Å². The maximum Gasteiger partial charge on any atom is 0.191 e. The zero-order chi connectivity index (χ0) is 17.8. The second-order valence-electron chi connectivity index (χ2n) is 6.84. The van der Waals surface area contributed by atoms with Gasteiger partial charge in [-0.3, -0.25) is 4.99 Å². The molecule has 0 atom stereocenters. The molecule has 0 bridgehead atoms. The van der Waals surface area contributed by atoms with Gasteiger partial charge in [0, 0.05) is 79.7 Å². The van der Waals surface area contributed by atoms with Gasteiger partial charge in [0.25, 0.3) is 0 Å². The van der Waals surface area contributed by atoms with Gasteiger partial charge in [0.05, 0.1) is 5.60 Å². The molecule has 2 saturated heterocycles. The Morgan fingerprint density at radius 2 is 1.84 bits per heavy atom. The second kappa shape index (κ2) is 11.7. The minimum Gasteiger partial charge on any atom is -0.381 e. The lowest BCUT2D eigenvalue weighted by Crippen LogP contribution is -2.50. The smallest absolute Gasteiger partial charge is 0.191 e. The molecular formula is C18H35N3O4. The Kier molecular flexibility index (Phi) is 9.54. The van der Waals surface area contributed by atoms with Gasteiger partial charge in [0.1, 0.15) is 0 Å². The molecule has 0 aromatic carbocycles. The zero-order valence-electron chi connectivity index (χ0n) is 15.8. The fourth-order valence-electron chi connectivity index (χ4n) is 3.21. The van der Waals surface area contributed by atoms with Gasteiger partial charge in [-0.05, 0) is 25.2 Å². The Balaban J connectivity index is 1.54. The lowest BCUT2D eigenvalue weighted by atomic mass is 9.94. The van der Waals surface area contributed by atoms with E-state index in [1.165, 1.54) is 0 Å². The third-order valence-corrected chi connectivity index (χ3v) is 5.09. The maximum atomic E-state index is 5.79. The Morgan fingerprint density at radius 1 is 1.12 bits per heavy atom. The van der Waals surface area contributed by atoms with E-state index in [-0.39, 0.29) is 5.60 Å². The van der Waals surface area contributed by atoms with Gasteiger partial charge in [-0.2, -0.15) is 0 Å². The normalized spacial score (nSPS) is 21.9. The van der Waals surface area contributed by atoms with Crippen LogP contribution < -0.4 is 10.6 Å². The summed E-state index contributed by atoms with van der Waals surface area (Å²) >= 11 is 0. The summed E-state index contributed by atoms with van der Waals surface area (Å²) in [6.07, 6.45) is 5.04. The first-order valence-electron chi connectivity index (χ1n) is 9.51. The summed E-state index contributed by atoms with van der Waals surface area (Å²) in [6.45, 7) is 6.50. The van der Waals surface area contributed by atoms with Gasteiger partial charge in [-0.25, -0.2) is 0 Å². The summed E-state index contributed by atoms with van der Waals surface area (Å²) in [7, 11) is 3.57. The fraction of sp³-hybridized carbons (Fsp3) is 0.944. The SMILES string of the molecule is CN=C(NCCCOCC1CCOCC1)NCC1(OC)CCOCC1.